The summed E-state index contributed by atoms with van der Waals surface area (Å²) in [5.41, 5.74) is 7.89. The maximum atomic E-state index is 9.94. The smallest absolute Gasteiger partial charge is 0.222 e. The molecular weight excluding hydrogens is 180 g/mol. The van der Waals surface area contributed by atoms with Crippen molar-refractivity contribution in [3.05, 3.63) is 22.7 Å². The maximum Gasteiger partial charge on any atom is 0.222 e. The third-order valence-corrected chi connectivity index (χ3v) is 1.35. The van der Waals surface area contributed by atoms with Gasteiger partial charge in [-0.05, 0) is 18.4 Å². The van der Waals surface area contributed by atoms with Gasteiger partial charge >= 0.3 is 0 Å². The molecule has 0 saturated heterocycles. The molecule has 0 bridgehead atoms. The Morgan fingerprint density at radius 1 is 1.58 bits per heavy atom. The molecule has 0 aliphatic rings. The standard InChI is InChI=1S/C5H10N4O2S/c6-9-7-4-2-1-3-5-8-12(10)11/h3,5,12H,1-2,4H2,(H,8,10,11). The summed E-state index contributed by atoms with van der Waals surface area (Å²) < 4.78 is 22.0. The molecule has 0 aliphatic heterocycles. The molecule has 12 heavy (non-hydrogen) atoms. The van der Waals surface area contributed by atoms with Crippen LogP contribution in [-0.4, -0.2) is 15.0 Å². The zero-order valence-electron chi connectivity index (χ0n) is 6.38. The Bertz CT molecular complexity index is 246. The van der Waals surface area contributed by atoms with Gasteiger partial charge < -0.3 is 0 Å². The molecule has 68 valence electrons. The minimum atomic E-state index is -2.55. The molecule has 0 aromatic heterocycles. The van der Waals surface area contributed by atoms with Crippen molar-refractivity contribution >= 4 is 10.9 Å². The molecule has 0 atom stereocenters. The summed E-state index contributed by atoms with van der Waals surface area (Å²) in [6.07, 6.45) is 4.42. The molecule has 0 aliphatic carbocycles. The lowest BCUT2D eigenvalue weighted by Gasteiger charge is -1.87. The Morgan fingerprint density at radius 3 is 2.92 bits per heavy atom. The number of nitrogens with one attached hydrogen (secondary N) is 1. The monoisotopic (exact) mass is 190 g/mol. The maximum absolute atomic E-state index is 9.94. The highest BCUT2D eigenvalue weighted by Gasteiger charge is 1.80. The summed E-state index contributed by atoms with van der Waals surface area (Å²) >= 11 is 0. The first kappa shape index (κ1) is 10.8. The van der Waals surface area contributed by atoms with Crippen molar-refractivity contribution in [2.45, 2.75) is 12.8 Å². The quantitative estimate of drug-likeness (QED) is 0.212. The summed E-state index contributed by atoms with van der Waals surface area (Å²) in [5, 5.41) is 3.31. The van der Waals surface area contributed by atoms with E-state index in [0.29, 0.717) is 13.0 Å². The number of thiol groups is 1. The van der Waals surface area contributed by atoms with E-state index < -0.39 is 10.9 Å². The number of nitrogens with zero attached hydrogens (tertiary/aromatic N) is 3. The first-order chi connectivity index (χ1) is 5.77. The first-order valence-corrected chi connectivity index (χ1v) is 4.51. The number of hydrogen-bond acceptors (Lipinski definition) is 3. The molecule has 0 heterocycles. The van der Waals surface area contributed by atoms with E-state index in [2.05, 4.69) is 14.7 Å². The lowest BCUT2D eigenvalue weighted by molar-refractivity contribution is 0.610. The van der Waals surface area contributed by atoms with Crippen LogP contribution in [0.3, 0.4) is 0 Å². The van der Waals surface area contributed by atoms with Crippen LogP contribution in [0, 0.1) is 0 Å². The second-order valence-corrected chi connectivity index (χ2v) is 2.66. The van der Waals surface area contributed by atoms with Gasteiger partial charge in [0.1, 0.15) is 0 Å². The Labute approximate surface area is 72.0 Å². The van der Waals surface area contributed by atoms with Crippen LogP contribution in [0.1, 0.15) is 12.8 Å². The van der Waals surface area contributed by atoms with Crippen molar-refractivity contribution < 1.29 is 8.42 Å². The average Bonchev–Trinajstić information content (AvgIpc) is 2.02. The summed E-state index contributed by atoms with van der Waals surface area (Å²) in [5.74, 6) is 0. The SMILES string of the molecule is [N-]=[N+]=NCCCC=CN[SH](=O)=O. The van der Waals surface area contributed by atoms with E-state index in [-0.39, 0.29) is 0 Å². The summed E-state index contributed by atoms with van der Waals surface area (Å²) in [6.45, 7) is 0.435. The van der Waals surface area contributed by atoms with Gasteiger partial charge in [-0.3, -0.25) is 4.72 Å². The van der Waals surface area contributed by atoms with Gasteiger partial charge in [0, 0.05) is 17.7 Å². The molecule has 1 N–H and O–H groups in total. The Morgan fingerprint density at radius 2 is 2.33 bits per heavy atom. The molecule has 0 amide bonds. The zero-order valence-corrected chi connectivity index (χ0v) is 7.28. The van der Waals surface area contributed by atoms with E-state index >= 15 is 0 Å². The second kappa shape index (κ2) is 7.90. The number of azide groups is 1. The Balaban J connectivity index is 3.30. The molecule has 0 saturated carbocycles. The van der Waals surface area contributed by atoms with Gasteiger partial charge in [0.25, 0.3) is 0 Å². The van der Waals surface area contributed by atoms with E-state index in [9.17, 15) is 8.42 Å². The van der Waals surface area contributed by atoms with Crippen molar-refractivity contribution in [2.24, 2.45) is 5.11 Å². The van der Waals surface area contributed by atoms with E-state index in [4.69, 9.17) is 5.53 Å². The van der Waals surface area contributed by atoms with Crippen LogP contribution in [0.4, 0.5) is 0 Å². The molecule has 0 radical (unpaired) electrons. The van der Waals surface area contributed by atoms with Gasteiger partial charge in [-0.1, -0.05) is 11.2 Å². The number of hydrogen-bond donors (Lipinski definition) is 2. The molecule has 7 heteroatoms. The van der Waals surface area contributed by atoms with Crippen molar-refractivity contribution in [1.29, 1.82) is 0 Å². The Hall–Kier alpha value is -1.20. The predicted molar refractivity (Wildman–Crippen MR) is 45.8 cm³/mol. The molecular formula is C5H10N4O2S. The van der Waals surface area contributed by atoms with Crippen LogP contribution in [0.2, 0.25) is 0 Å². The fourth-order valence-electron chi connectivity index (χ4n) is 0.521. The van der Waals surface area contributed by atoms with Crippen LogP contribution >= 0.6 is 0 Å². The fraction of sp³-hybridized carbons (Fsp3) is 0.600. The minimum Gasteiger partial charge on any atom is -0.293 e. The van der Waals surface area contributed by atoms with Crippen molar-refractivity contribution in [3.8, 4) is 0 Å². The van der Waals surface area contributed by atoms with Crippen LogP contribution in [0.5, 0.6) is 0 Å². The van der Waals surface area contributed by atoms with E-state index in [1.165, 1.54) is 6.20 Å². The third kappa shape index (κ3) is 8.80. The van der Waals surface area contributed by atoms with Gasteiger partial charge in [-0.2, -0.15) is 0 Å². The summed E-state index contributed by atoms with van der Waals surface area (Å²) in [6, 6.07) is 0. The number of allylic oxidation sites excluding steroid dienone is 1. The second-order valence-electron chi connectivity index (χ2n) is 1.89. The zero-order chi connectivity index (χ0) is 9.23. The summed E-state index contributed by atoms with van der Waals surface area (Å²) in [4.78, 5) is 2.57. The molecule has 6 nitrogen and oxygen atoms in total. The highest BCUT2D eigenvalue weighted by Crippen LogP contribution is 1.90. The van der Waals surface area contributed by atoms with Gasteiger partial charge in [-0.15, -0.1) is 0 Å². The number of unbranched alkanes of at least 4 members (excludes halogenated alkanes) is 1. The highest BCUT2D eigenvalue weighted by molar-refractivity contribution is 7.70. The van der Waals surface area contributed by atoms with Crippen LogP contribution in [0.25, 0.3) is 10.4 Å². The van der Waals surface area contributed by atoms with Crippen LogP contribution < -0.4 is 4.72 Å². The van der Waals surface area contributed by atoms with Crippen molar-refractivity contribution in [2.75, 3.05) is 6.54 Å². The molecule has 0 spiro atoms. The summed E-state index contributed by atoms with van der Waals surface area (Å²) in [7, 11) is -2.55. The van der Waals surface area contributed by atoms with Gasteiger partial charge in [0.05, 0.1) is 0 Å². The highest BCUT2D eigenvalue weighted by atomic mass is 32.2. The molecule has 0 unspecified atom stereocenters. The topological polar surface area (TPSA) is 94.9 Å². The fourth-order valence-corrected chi connectivity index (χ4v) is 0.749. The molecule has 0 rings (SSSR count). The van der Waals surface area contributed by atoms with Crippen LogP contribution in [0.15, 0.2) is 17.4 Å². The molecule has 0 fully saturated rings. The van der Waals surface area contributed by atoms with E-state index in [1.54, 1.807) is 6.08 Å². The average molecular weight is 190 g/mol. The lowest BCUT2D eigenvalue weighted by atomic mass is 10.3. The Kier molecular flexibility index (Phi) is 7.11. The van der Waals surface area contributed by atoms with Crippen LogP contribution in [-0.2, 0) is 10.9 Å². The van der Waals surface area contributed by atoms with Gasteiger partial charge in [-0.25, -0.2) is 8.42 Å². The number of rotatable bonds is 6. The van der Waals surface area contributed by atoms with Crippen molar-refractivity contribution in [3.63, 3.8) is 0 Å². The van der Waals surface area contributed by atoms with E-state index in [0.717, 1.165) is 6.42 Å². The van der Waals surface area contributed by atoms with Crippen molar-refractivity contribution in [1.82, 2.24) is 4.72 Å². The van der Waals surface area contributed by atoms with E-state index in [1.807, 2.05) is 0 Å². The van der Waals surface area contributed by atoms with Gasteiger partial charge in [0.15, 0.2) is 0 Å². The molecule has 0 aromatic carbocycles. The predicted octanol–water partition coefficient (Wildman–Crippen LogP) is 0.707. The van der Waals surface area contributed by atoms with Gasteiger partial charge in [0.2, 0.25) is 10.9 Å². The minimum absolute atomic E-state index is 0.435. The molecule has 0 aromatic rings. The largest absolute Gasteiger partial charge is 0.293 e. The normalized spacial score (nSPS) is 10.1. The lowest BCUT2D eigenvalue weighted by Crippen LogP contribution is -1.99. The first-order valence-electron chi connectivity index (χ1n) is 3.34. The third-order valence-electron chi connectivity index (χ3n) is 0.990.